The van der Waals surface area contributed by atoms with Crippen LogP contribution in [0.4, 0.5) is 10.2 Å². The average molecular weight is 351 g/mol. The molecule has 0 radical (unpaired) electrons. The van der Waals surface area contributed by atoms with Gasteiger partial charge in [-0.1, -0.05) is 18.2 Å². The number of hydrogen-bond acceptors (Lipinski definition) is 5. The van der Waals surface area contributed by atoms with Crippen LogP contribution in [0.25, 0.3) is 11.3 Å². The molecule has 6 nitrogen and oxygen atoms in total. The maximum absolute atomic E-state index is 14.8. The summed E-state index contributed by atoms with van der Waals surface area (Å²) in [4.78, 5) is 15.3. The lowest BCUT2D eigenvalue weighted by atomic mass is 10.0. The Hall–Kier alpha value is -3.35. The molecule has 0 saturated heterocycles. The Bertz CT molecular complexity index is 897. The highest BCUT2D eigenvalue weighted by molar-refractivity contribution is 5.93. The fraction of sp³-hybridized carbons (Fsp3) is 0.158. The van der Waals surface area contributed by atoms with Crippen molar-refractivity contribution in [2.24, 2.45) is 5.73 Å². The van der Waals surface area contributed by atoms with Gasteiger partial charge in [0.2, 0.25) is 5.91 Å². The summed E-state index contributed by atoms with van der Waals surface area (Å²) in [7, 11) is 0. The molecule has 2 aromatic heterocycles. The van der Waals surface area contributed by atoms with Crippen molar-refractivity contribution in [3.63, 3.8) is 0 Å². The molecule has 7 heteroatoms. The van der Waals surface area contributed by atoms with Gasteiger partial charge in [0.05, 0.1) is 17.9 Å². The van der Waals surface area contributed by atoms with Crippen LogP contribution in [0.2, 0.25) is 0 Å². The minimum atomic E-state index is -1.64. The summed E-state index contributed by atoms with van der Waals surface area (Å²) in [5, 5.41) is 11.1. The van der Waals surface area contributed by atoms with Crippen molar-refractivity contribution in [3.8, 4) is 11.3 Å². The van der Waals surface area contributed by atoms with Crippen LogP contribution >= 0.6 is 0 Å². The molecule has 26 heavy (non-hydrogen) atoms. The van der Waals surface area contributed by atoms with E-state index in [1.54, 1.807) is 54.7 Å². The quantitative estimate of drug-likeness (QED) is 0.712. The lowest BCUT2D eigenvalue weighted by Gasteiger charge is -2.20. The second kappa shape index (κ2) is 7.26. The van der Waals surface area contributed by atoms with Crippen molar-refractivity contribution in [1.29, 1.82) is 0 Å². The lowest BCUT2D eigenvalue weighted by molar-refractivity contribution is 0.100. The van der Waals surface area contributed by atoms with Crippen LogP contribution in [0.5, 0.6) is 0 Å². The summed E-state index contributed by atoms with van der Waals surface area (Å²) in [6.45, 7) is 1.47. The number of benzene rings is 1. The number of amides is 1. The van der Waals surface area contributed by atoms with E-state index in [1.807, 2.05) is 6.07 Å². The second-order valence-electron chi connectivity index (χ2n) is 6.01. The van der Waals surface area contributed by atoms with E-state index in [0.717, 1.165) is 5.56 Å². The predicted molar refractivity (Wildman–Crippen MR) is 97.2 cm³/mol. The average Bonchev–Trinajstić information content (AvgIpc) is 2.68. The van der Waals surface area contributed by atoms with Crippen LogP contribution in [0.15, 0.2) is 60.8 Å². The molecule has 3 aromatic rings. The molecule has 132 valence electrons. The van der Waals surface area contributed by atoms with Gasteiger partial charge in [-0.05, 0) is 43.3 Å². The Morgan fingerprint density at radius 1 is 1.15 bits per heavy atom. The van der Waals surface area contributed by atoms with E-state index in [0.29, 0.717) is 22.8 Å². The molecule has 1 unspecified atom stereocenters. The molecule has 1 amide bonds. The van der Waals surface area contributed by atoms with Gasteiger partial charge in [-0.2, -0.15) is 0 Å². The third-order valence-corrected chi connectivity index (χ3v) is 3.91. The molecule has 1 atom stereocenters. The van der Waals surface area contributed by atoms with Gasteiger partial charge in [-0.3, -0.25) is 9.78 Å². The number of nitrogens with two attached hydrogens (primary N) is 1. The summed E-state index contributed by atoms with van der Waals surface area (Å²) in [6, 6.07) is 15.4. The van der Waals surface area contributed by atoms with Crippen LogP contribution in [0.3, 0.4) is 0 Å². The van der Waals surface area contributed by atoms with E-state index in [4.69, 9.17) is 5.73 Å². The van der Waals surface area contributed by atoms with Crippen molar-refractivity contribution in [2.45, 2.75) is 12.6 Å². The maximum atomic E-state index is 14.8. The number of primary amides is 1. The molecule has 3 N–H and O–H groups in total. The van der Waals surface area contributed by atoms with Crippen LogP contribution < -0.4 is 11.1 Å². The first-order chi connectivity index (χ1) is 12.5. The molecule has 3 rings (SSSR count). The minimum absolute atomic E-state index is 0.00913. The number of halogens is 1. The van der Waals surface area contributed by atoms with E-state index < -0.39 is 11.6 Å². The fourth-order valence-corrected chi connectivity index (χ4v) is 2.43. The lowest BCUT2D eigenvalue weighted by Crippen LogP contribution is -2.27. The molecule has 0 bridgehead atoms. The highest BCUT2D eigenvalue weighted by Gasteiger charge is 2.27. The topological polar surface area (TPSA) is 93.8 Å². The first kappa shape index (κ1) is 17.5. The summed E-state index contributed by atoms with van der Waals surface area (Å²) in [5.74, 6) is -0.0607. The Labute approximate surface area is 150 Å². The van der Waals surface area contributed by atoms with Crippen molar-refractivity contribution < 1.29 is 9.18 Å². The standard InChI is InChI=1S/C19H18FN5O/c1-19(20,16-7-2-3-10-22-16)12-23-17-9-8-15(24-25-17)13-5-4-6-14(11-13)18(21)26/h2-11H,12H2,1H3,(H2,21,26)(H,23,25). The van der Waals surface area contributed by atoms with Gasteiger partial charge in [-0.15, -0.1) is 10.2 Å². The van der Waals surface area contributed by atoms with Gasteiger partial charge in [-0.25, -0.2) is 4.39 Å². The number of rotatable bonds is 6. The van der Waals surface area contributed by atoms with E-state index in [-0.39, 0.29) is 6.54 Å². The molecule has 0 fully saturated rings. The van der Waals surface area contributed by atoms with Crippen LogP contribution in [0, 0.1) is 0 Å². The number of nitrogens with zero attached hydrogens (tertiary/aromatic N) is 3. The number of hydrogen-bond donors (Lipinski definition) is 2. The van der Waals surface area contributed by atoms with Gasteiger partial charge < -0.3 is 11.1 Å². The minimum Gasteiger partial charge on any atom is -0.366 e. The number of nitrogens with one attached hydrogen (secondary N) is 1. The van der Waals surface area contributed by atoms with Crippen molar-refractivity contribution >= 4 is 11.7 Å². The number of alkyl halides is 1. The molecule has 0 aliphatic carbocycles. The Balaban J connectivity index is 1.70. The second-order valence-corrected chi connectivity index (χ2v) is 6.01. The van der Waals surface area contributed by atoms with E-state index in [1.165, 1.54) is 6.92 Å². The fourth-order valence-electron chi connectivity index (χ4n) is 2.43. The Morgan fingerprint density at radius 2 is 2.00 bits per heavy atom. The van der Waals surface area contributed by atoms with Gasteiger partial charge in [0.25, 0.3) is 0 Å². The number of aromatic nitrogens is 3. The molecule has 0 spiro atoms. The monoisotopic (exact) mass is 351 g/mol. The van der Waals surface area contributed by atoms with Crippen LogP contribution in [0.1, 0.15) is 23.0 Å². The van der Waals surface area contributed by atoms with E-state index in [9.17, 15) is 9.18 Å². The molecule has 0 saturated carbocycles. The first-order valence-electron chi connectivity index (χ1n) is 8.04. The first-order valence-corrected chi connectivity index (χ1v) is 8.04. The molecule has 1 aromatic carbocycles. The molecule has 2 heterocycles. The highest BCUT2D eigenvalue weighted by Crippen LogP contribution is 2.24. The zero-order valence-electron chi connectivity index (χ0n) is 14.2. The largest absolute Gasteiger partial charge is 0.366 e. The third kappa shape index (κ3) is 4.00. The number of carbonyl (C=O) groups is 1. The highest BCUT2D eigenvalue weighted by atomic mass is 19.1. The normalized spacial score (nSPS) is 13.0. The number of carbonyl (C=O) groups excluding carboxylic acids is 1. The van der Waals surface area contributed by atoms with Crippen molar-refractivity contribution in [3.05, 3.63) is 72.1 Å². The summed E-state index contributed by atoms with van der Waals surface area (Å²) < 4.78 is 14.8. The van der Waals surface area contributed by atoms with Gasteiger partial charge in [0, 0.05) is 17.3 Å². The Kier molecular flexibility index (Phi) is 4.88. The van der Waals surface area contributed by atoms with Crippen LogP contribution in [-0.4, -0.2) is 27.6 Å². The summed E-state index contributed by atoms with van der Waals surface area (Å²) >= 11 is 0. The number of pyridine rings is 1. The third-order valence-electron chi connectivity index (χ3n) is 3.91. The molecule has 0 aliphatic heterocycles. The van der Waals surface area contributed by atoms with Gasteiger partial charge in [0.1, 0.15) is 5.82 Å². The van der Waals surface area contributed by atoms with E-state index in [2.05, 4.69) is 20.5 Å². The van der Waals surface area contributed by atoms with Gasteiger partial charge >= 0.3 is 0 Å². The SMILES string of the molecule is CC(F)(CNc1ccc(-c2cccc(C(N)=O)c2)nn1)c1ccccn1. The van der Waals surface area contributed by atoms with E-state index >= 15 is 0 Å². The molecular formula is C19H18FN5O. The Morgan fingerprint density at radius 3 is 2.65 bits per heavy atom. The molecule has 0 aliphatic rings. The summed E-state index contributed by atoms with van der Waals surface area (Å²) in [5.41, 5.74) is 5.71. The maximum Gasteiger partial charge on any atom is 0.248 e. The predicted octanol–water partition coefficient (Wildman–Crippen LogP) is 2.93. The summed E-state index contributed by atoms with van der Waals surface area (Å²) in [6.07, 6.45) is 1.56. The zero-order chi connectivity index (χ0) is 18.6. The number of anilines is 1. The van der Waals surface area contributed by atoms with Crippen LogP contribution in [-0.2, 0) is 5.67 Å². The van der Waals surface area contributed by atoms with Gasteiger partial charge in [0.15, 0.2) is 5.67 Å². The smallest absolute Gasteiger partial charge is 0.248 e. The molecular weight excluding hydrogens is 333 g/mol. The zero-order valence-corrected chi connectivity index (χ0v) is 14.2. The van der Waals surface area contributed by atoms with Crippen molar-refractivity contribution in [1.82, 2.24) is 15.2 Å². The van der Waals surface area contributed by atoms with Crippen molar-refractivity contribution in [2.75, 3.05) is 11.9 Å².